The second-order valence-corrected chi connectivity index (χ2v) is 12.8. The molecule has 2 atom stereocenters. The molecule has 1 aliphatic carbocycles. The number of carbonyl (C=O) groups excluding carboxylic acids is 1. The molecule has 2 saturated heterocycles. The number of rotatable bonds is 8. The van der Waals surface area contributed by atoms with Gasteiger partial charge >= 0.3 is 24.4 Å². The minimum Gasteiger partial charge on any atom is -0.496 e. The molecule has 2 aromatic carbocycles. The van der Waals surface area contributed by atoms with E-state index in [0.717, 1.165) is 10.5 Å². The van der Waals surface area contributed by atoms with Crippen LogP contribution in [0.5, 0.6) is 5.75 Å². The van der Waals surface area contributed by atoms with Crippen molar-refractivity contribution >= 4 is 18.0 Å². The van der Waals surface area contributed by atoms with Crippen molar-refractivity contribution in [1.29, 1.82) is 0 Å². The summed E-state index contributed by atoms with van der Waals surface area (Å²) in [6.07, 6.45) is -12.0. The summed E-state index contributed by atoms with van der Waals surface area (Å²) in [7, 11) is 1.41. The third-order valence-electron chi connectivity index (χ3n) is 9.38. The number of aromatic nitrogens is 2. The van der Waals surface area contributed by atoms with Crippen LogP contribution in [0.1, 0.15) is 65.4 Å². The third-order valence-corrected chi connectivity index (χ3v) is 9.38. The maximum Gasteiger partial charge on any atom is 0.416 e. The summed E-state index contributed by atoms with van der Waals surface area (Å²) in [5, 5.41) is 9.35. The van der Waals surface area contributed by atoms with Crippen LogP contribution < -0.4 is 9.64 Å². The van der Waals surface area contributed by atoms with E-state index in [1.54, 1.807) is 25.1 Å². The zero-order valence-electron chi connectivity index (χ0n) is 26.7. The predicted octanol–water partition coefficient (Wildman–Crippen LogP) is 7.61. The number of ether oxygens (including phenoxy) is 2. The van der Waals surface area contributed by atoms with Crippen molar-refractivity contribution in [2.24, 2.45) is 5.92 Å². The molecule has 0 spiro atoms. The lowest BCUT2D eigenvalue weighted by Crippen LogP contribution is -2.57. The van der Waals surface area contributed by atoms with E-state index in [9.17, 15) is 49.8 Å². The lowest BCUT2D eigenvalue weighted by molar-refractivity contribution is -0.145. The quantitative estimate of drug-likeness (QED) is 0.238. The Bertz CT molecular complexity index is 1800. The molecule has 268 valence electrons. The largest absolute Gasteiger partial charge is 0.496 e. The molecule has 2 aliphatic heterocycles. The van der Waals surface area contributed by atoms with Gasteiger partial charge in [-0.1, -0.05) is 6.07 Å². The number of halogens is 8. The van der Waals surface area contributed by atoms with Gasteiger partial charge < -0.3 is 19.5 Å². The molecule has 0 unspecified atom stereocenters. The first-order valence-electron chi connectivity index (χ1n) is 15.4. The van der Waals surface area contributed by atoms with Crippen LogP contribution in [0.25, 0.3) is 11.1 Å². The maximum atomic E-state index is 13.8. The number of cyclic esters (lactones) is 1. The van der Waals surface area contributed by atoms with Crippen molar-refractivity contribution in [1.82, 2.24) is 14.9 Å². The van der Waals surface area contributed by atoms with E-state index in [2.05, 4.69) is 9.97 Å². The monoisotopic (exact) mass is 714 g/mol. The highest BCUT2D eigenvalue weighted by Crippen LogP contribution is 2.46. The first-order valence-corrected chi connectivity index (χ1v) is 15.4. The van der Waals surface area contributed by atoms with Gasteiger partial charge in [-0.05, 0) is 74.1 Å². The molecule has 1 aromatic heterocycles. The van der Waals surface area contributed by atoms with Crippen molar-refractivity contribution in [2.75, 3.05) is 25.1 Å². The Hall–Kier alpha value is -4.70. The van der Waals surface area contributed by atoms with E-state index < -0.39 is 84.7 Å². The van der Waals surface area contributed by atoms with Gasteiger partial charge in [0.25, 0.3) is 5.92 Å². The van der Waals surface area contributed by atoms with Gasteiger partial charge in [-0.25, -0.2) is 23.5 Å². The molecule has 3 aliphatic rings. The van der Waals surface area contributed by atoms with Gasteiger partial charge in [0.15, 0.2) is 0 Å². The maximum absolute atomic E-state index is 13.8. The summed E-state index contributed by atoms with van der Waals surface area (Å²) in [6, 6.07) is 5.09. The van der Waals surface area contributed by atoms with Crippen molar-refractivity contribution < 1.29 is 59.3 Å². The minimum absolute atomic E-state index is 0.0214. The van der Waals surface area contributed by atoms with E-state index in [-0.39, 0.29) is 23.6 Å². The molecule has 0 radical (unpaired) electrons. The topological polar surface area (TPSA) is 105 Å². The van der Waals surface area contributed by atoms with Crippen LogP contribution in [-0.2, 0) is 28.4 Å². The number of aryl methyl sites for hydroxylation is 1. The molecule has 6 rings (SSSR count). The molecule has 17 heteroatoms. The van der Waals surface area contributed by atoms with Gasteiger partial charge in [0.05, 0.1) is 61.2 Å². The molecule has 3 aromatic rings. The lowest BCUT2D eigenvalue weighted by Gasteiger charge is -2.39. The fourth-order valence-electron chi connectivity index (χ4n) is 6.61. The van der Waals surface area contributed by atoms with Crippen LogP contribution in [0.3, 0.4) is 0 Å². The number of aliphatic carboxylic acids is 1. The van der Waals surface area contributed by atoms with Crippen LogP contribution in [0, 0.1) is 12.8 Å². The van der Waals surface area contributed by atoms with Gasteiger partial charge in [-0.3, -0.25) is 9.69 Å². The average Bonchev–Trinajstić information content (AvgIpc) is 3.26. The van der Waals surface area contributed by atoms with Gasteiger partial charge in [-0.15, -0.1) is 0 Å². The summed E-state index contributed by atoms with van der Waals surface area (Å²) in [5.41, 5.74) is -1.65. The van der Waals surface area contributed by atoms with Crippen molar-refractivity contribution in [3.05, 3.63) is 70.0 Å². The number of carbonyl (C=O) groups is 2. The number of anilines is 1. The lowest BCUT2D eigenvalue weighted by atomic mass is 9.71. The average molecular weight is 715 g/mol. The molecule has 1 N–H and O–H groups in total. The van der Waals surface area contributed by atoms with Gasteiger partial charge in [0, 0.05) is 11.1 Å². The van der Waals surface area contributed by atoms with Crippen LogP contribution >= 0.6 is 0 Å². The van der Waals surface area contributed by atoms with E-state index in [1.807, 2.05) is 0 Å². The second-order valence-electron chi connectivity index (χ2n) is 12.8. The number of nitrogens with zero attached hydrogens (tertiary/aromatic N) is 4. The Labute approximate surface area is 279 Å². The van der Waals surface area contributed by atoms with Gasteiger partial charge in [-0.2, -0.15) is 26.3 Å². The highest BCUT2D eigenvalue weighted by molar-refractivity contribution is 5.78. The van der Waals surface area contributed by atoms with Crippen molar-refractivity contribution in [3.63, 3.8) is 0 Å². The number of carboxylic acid groups (broad SMARTS) is 1. The number of methoxy groups -OCH3 is 1. The Kier molecular flexibility index (Phi) is 8.62. The molecular formula is C33H30F8N4O5. The Morgan fingerprint density at radius 1 is 1.00 bits per heavy atom. The Morgan fingerprint density at radius 3 is 2.16 bits per heavy atom. The Morgan fingerprint density at radius 2 is 1.62 bits per heavy atom. The SMILES string of the molecule is COc1ccc(C2CC(C(=O)O)C2)cc1-c1c(C)nc(N2CC(F)(F)C2)nc1CN1C(=O)O[C@H](c2cc(C(F)(F)F)cc(C(F)(F)F)c2)[C@@H]1C. The van der Waals surface area contributed by atoms with Crippen LogP contribution in [-0.4, -0.2) is 64.2 Å². The summed E-state index contributed by atoms with van der Waals surface area (Å²) in [5.74, 6) is -4.20. The molecule has 3 heterocycles. The second kappa shape index (κ2) is 12.3. The fourth-order valence-corrected chi connectivity index (χ4v) is 6.61. The highest BCUT2D eigenvalue weighted by atomic mass is 19.4. The van der Waals surface area contributed by atoms with E-state index in [4.69, 9.17) is 9.47 Å². The highest BCUT2D eigenvalue weighted by Gasteiger charge is 2.47. The van der Waals surface area contributed by atoms with Crippen molar-refractivity contribution in [3.8, 4) is 16.9 Å². The number of alkyl halides is 8. The molecule has 9 nitrogen and oxygen atoms in total. The summed E-state index contributed by atoms with van der Waals surface area (Å²) in [4.78, 5) is 36.0. The molecule has 1 saturated carbocycles. The fraction of sp³-hybridized carbons (Fsp3) is 0.455. The number of amides is 1. The van der Waals surface area contributed by atoms with Crippen LogP contribution in [0.15, 0.2) is 36.4 Å². The molecular weight excluding hydrogens is 684 g/mol. The third kappa shape index (κ3) is 6.61. The summed E-state index contributed by atoms with van der Waals surface area (Å²) < 4.78 is 120. The predicted molar refractivity (Wildman–Crippen MR) is 160 cm³/mol. The molecule has 1 amide bonds. The summed E-state index contributed by atoms with van der Waals surface area (Å²) in [6.45, 7) is 1.25. The molecule has 50 heavy (non-hydrogen) atoms. The zero-order valence-corrected chi connectivity index (χ0v) is 26.7. The van der Waals surface area contributed by atoms with E-state index in [0.29, 0.717) is 47.5 Å². The first kappa shape index (κ1) is 35.1. The standard InChI is InChI=1S/C33H30F8N4O5/c1-15-26(23-10-17(4-5-25(23)49-3)18-6-20(7-18)28(46)47)24(43-29(42-15)44-13-31(34,35)14-44)12-45-16(2)27(50-30(45)48)19-8-21(32(36,37)38)11-22(9-19)33(39,40)41/h4-5,8-11,16,18,20,27H,6-7,12-14H2,1-3H3,(H,46,47)/t16-,18?,20?,27-/m0/s1. The van der Waals surface area contributed by atoms with Gasteiger partial charge in [0.1, 0.15) is 11.9 Å². The number of hydrogen-bond acceptors (Lipinski definition) is 7. The van der Waals surface area contributed by atoms with E-state index in [1.165, 1.54) is 18.9 Å². The number of carboxylic acids is 1. The van der Waals surface area contributed by atoms with Gasteiger partial charge in [0.2, 0.25) is 5.95 Å². The van der Waals surface area contributed by atoms with E-state index >= 15 is 0 Å². The smallest absolute Gasteiger partial charge is 0.416 e. The Balaban J connectivity index is 1.40. The normalized spacial score (nSPS) is 23.3. The minimum atomic E-state index is -5.12. The zero-order chi connectivity index (χ0) is 36.5. The molecule has 0 bridgehead atoms. The summed E-state index contributed by atoms with van der Waals surface area (Å²) >= 11 is 0. The first-order chi connectivity index (χ1) is 23.3. The van der Waals surface area contributed by atoms with Crippen molar-refractivity contribution in [2.45, 2.75) is 69.6 Å². The van der Waals surface area contributed by atoms with Crippen LogP contribution in [0.2, 0.25) is 0 Å². The van der Waals surface area contributed by atoms with Crippen LogP contribution in [0.4, 0.5) is 45.9 Å². The number of hydrogen-bond donors (Lipinski definition) is 1. The molecule has 3 fully saturated rings. The number of benzene rings is 2.